The Morgan fingerprint density at radius 2 is 2.05 bits per heavy atom. The second-order valence-electron chi connectivity index (χ2n) is 4.67. The number of halogens is 1. The molecule has 3 rings (SSSR count). The first-order valence-corrected chi connectivity index (χ1v) is 6.86. The van der Waals surface area contributed by atoms with Gasteiger partial charge in [-0.2, -0.15) is 0 Å². The third-order valence-corrected chi connectivity index (χ3v) is 3.60. The number of nitrogens with one attached hydrogen (secondary N) is 1. The number of aryl methyl sites for hydroxylation is 1. The van der Waals surface area contributed by atoms with E-state index in [1.54, 1.807) is 28.8 Å². The molecule has 106 valence electrons. The molecule has 0 spiro atoms. The van der Waals surface area contributed by atoms with E-state index in [-0.39, 0.29) is 5.91 Å². The van der Waals surface area contributed by atoms with Crippen molar-refractivity contribution in [1.82, 2.24) is 19.9 Å². The first-order chi connectivity index (χ1) is 10.1. The van der Waals surface area contributed by atoms with Crippen LogP contribution in [0, 0.1) is 6.92 Å². The molecule has 0 aliphatic heterocycles. The first kappa shape index (κ1) is 13.6. The molecule has 0 radical (unpaired) electrons. The molecular formula is C15H13ClN4O. The number of hydrogen-bond acceptors (Lipinski definition) is 3. The Hall–Kier alpha value is -2.40. The molecule has 1 amide bonds. The number of fused-ring (bicyclic) bond motifs is 1. The SMILES string of the molecule is Cc1nnc2ccc(C(=O)NCc3ccccc3Cl)cn12. The molecule has 0 fully saturated rings. The zero-order valence-corrected chi connectivity index (χ0v) is 12.1. The summed E-state index contributed by atoms with van der Waals surface area (Å²) in [5, 5.41) is 11.4. The van der Waals surface area contributed by atoms with Gasteiger partial charge < -0.3 is 5.32 Å². The van der Waals surface area contributed by atoms with Crippen molar-refractivity contribution in [3.05, 3.63) is 64.6 Å². The van der Waals surface area contributed by atoms with Gasteiger partial charge >= 0.3 is 0 Å². The van der Waals surface area contributed by atoms with Crippen LogP contribution in [-0.2, 0) is 6.54 Å². The summed E-state index contributed by atoms with van der Waals surface area (Å²) >= 11 is 6.07. The topological polar surface area (TPSA) is 59.3 Å². The molecule has 21 heavy (non-hydrogen) atoms. The van der Waals surface area contributed by atoms with Crippen molar-refractivity contribution in [3.63, 3.8) is 0 Å². The molecule has 0 unspecified atom stereocenters. The predicted molar refractivity (Wildman–Crippen MR) is 80.3 cm³/mol. The maximum atomic E-state index is 12.2. The van der Waals surface area contributed by atoms with Gasteiger partial charge in [0.05, 0.1) is 5.56 Å². The van der Waals surface area contributed by atoms with Gasteiger partial charge in [-0.15, -0.1) is 10.2 Å². The second-order valence-corrected chi connectivity index (χ2v) is 5.07. The number of rotatable bonds is 3. The molecule has 2 heterocycles. The molecule has 0 saturated carbocycles. The Morgan fingerprint density at radius 1 is 1.24 bits per heavy atom. The van der Waals surface area contributed by atoms with Crippen LogP contribution in [0.3, 0.4) is 0 Å². The molecule has 1 aromatic carbocycles. The van der Waals surface area contributed by atoms with Crippen LogP contribution in [0.2, 0.25) is 5.02 Å². The van der Waals surface area contributed by atoms with Crippen LogP contribution in [0.15, 0.2) is 42.6 Å². The van der Waals surface area contributed by atoms with Crippen LogP contribution in [0.25, 0.3) is 5.65 Å². The Kier molecular flexibility index (Phi) is 3.58. The lowest BCUT2D eigenvalue weighted by atomic mass is 10.2. The highest BCUT2D eigenvalue weighted by atomic mass is 35.5. The lowest BCUT2D eigenvalue weighted by Gasteiger charge is -2.07. The zero-order chi connectivity index (χ0) is 14.8. The molecule has 2 aromatic heterocycles. The summed E-state index contributed by atoms with van der Waals surface area (Å²) in [6.45, 7) is 2.23. The summed E-state index contributed by atoms with van der Waals surface area (Å²) in [4.78, 5) is 12.2. The Morgan fingerprint density at radius 3 is 2.86 bits per heavy atom. The Bertz CT molecular complexity index is 812. The molecule has 0 atom stereocenters. The molecule has 1 N–H and O–H groups in total. The maximum absolute atomic E-state index is 12.2. The van der Waals surface area contributed by atoms with Crippen LogP contribution < -0.4 is 5.32 Å². The largest absolute Gasteiger partial charge is 0.348 e. The molecule has 3 aromatic rings. The van der Waals surface area contributed by atoms with Crippen LogP contribution >= 0.6 is 11.6 Å². The summed E-state index contributed by atoms with van der Waals surface area (Å²) in [5.41, 5.74) is 2.15. The van der Waals surface area contributed by atoms with E-state index in [1.165, 1.54) is 0 Å². The number of pyridine rings is 1. The van der Waals surface area contributed by atoms with Crippen LogP contribution in [0.4, 0.5) is 0 Å². The van der Waals surface area contributed by atoms with Crippen molar-refractivity contribution < 1.29 is 4.79 Å². The molecule has 0 bridgehead atoms. The monoisotopic (exact) mass is 300 g/mol. The fourth-order valence-corrected chi connectivity index (χ4v) is 2.26. The van der Waals surface area contributed by atoms with E-state index in [0.717, 1.165) is 17.0 Å². The lowest BCUT2D eigenvalue weighted by molar-refractivity contribution is 0.0950. The normalized spacial score (nSPS) is 10.8. The van der Waals surface area contributed by atoms with Gasteiger partial charge in [0.15, 0.2) is 5.65 Å². The molecule has 0 aliphatic carbocycles. The average molecular weight is 301 g/mol. The number of aromatic nitrogens is 3. The molecular weight excluding hydrogens is 288 g/mol. The highest BCUT2D eigenvalue weighted by Crippen LogP contribution is 2.14. The fourth-order valence-electron chi connectivity index (χ4n) is 2.06. The number of amides is 1. The Balaban J connectivity index is 1.78. The van der Waals surface area contributed by atoms with Crippen molar-refractivity contribution in [2.24, 2.45) is 0 Å². The number of nitrogens with zero attached hydrogens (tertiary/aromatic N) is 3. The van der Waals surface area contributed by atoms with E-state index in [4.69, 9.17) is 11.6 Å². The standard InChI is InChI=1S/C15H13ClN4O/c1-10-18-19-14-7-6-12(9-20(10)14)15(21)17-8-11-4-2-3-5-13(11)16/h2-7,9H,8H2,1H3,(H,17,21). The van der Waals surface area contributed by atoms with Crippen molar-refractivity contribution in [2.45, 2.75) is 13.5 Å². The van der Waals surface area contributed by atoms with E-state index in [1.807, 2.05) is 25.1 Å². The number of carbonyl (C=O) groups is 1. The summed E-state index contributed by atoms with van der Waals surface area (Å²) in [5.74, 6) is 0.579. The second kappa shape index (κ2) is 5.54. The van der Waals surface area contributed by atoms with Gasteiger partial charge in [0.1, 0.15) is 5.82 Å². The van der Waals surface area contributed by atoms with E-state index in [9.17, 15) is 4.79 Å². The van der Waals surface area contributed by atoms with Gasteiger partial charge in [-0.3, -0.25) is 9.20 Å². The zero-order valence-electron chi connectivity index (χ0n) is 11.4. The summed E-state index contributed by atoms with van der Waals surface area (Å²) in [6, 6.07) is 10.9. The third-order valence-electron chi connectivity index (χ3n) is 3.23. The summed E-state index contributed by atoms with van der Waals surface area (Å²) < 4.78 is 1.78. The minimum Gasteiger partial charge on any atom is -0.348 e. The van der Waals surface area contributed by atoms with Gasteiger partial charge in [0.25, 0.3) is 5.91 Å². The Labute approximate surface area is 126 Å². The van der Waals surface area contributed by atoms with Gasteiger partial charge in [-0.1, -0.05) is 29.8 Å². The minimum atomic E-state index is -0.162. The third kappa shape index (κ3) is 2.73. The van der Waals surface area contributed by atoms with Gasteiger partial charge in [-0.25, -0.2) is 0 Å². The van der Waals surface area contributed by atoms with Crippen LogP contribution in [-0.4, -0.2) is 20.5 Å². The van der Waals surface area contributed by atoms with Crippen molar-refractivity contribution >= 4 is 23.2 Å². The number of benzene rings is 1. The van der Waals surface area contributed by atoms with Gasteiger partial charge in [0.2, 0.25) is 0 Å². The van der Waals surface area contributed by atoms with E-state index < -0.39 is 0 Å². The van der Waals surface area contributed by atoms with E-state index in [2.05, 4.69) is 15.5 Å². The van der Waals surface area contributed by atoms with Crippen LogP contribution in [0.1, 0.15) is 21.7 Å². The minimum absolute atomic E-state index is 0.162. The predicted octanol–water partition coefficient (Wildman–Crippen LogP) is 2.62. The van der Waals surface area contributed by atoms with Gasteiger partial charge in [-0.05, 0) is 30.7 Å². The lowest BCUT2D eigenvalue weighted by Crippen LogP contribution is -2.23. The first-order valence-electron chi connectivity index (χ1n) is 6.48. The van der Waals surface area contributed by atoms with Crippen LogP contribution in [0.5, 0.6) is 0 Å². The number of carbonyl (C=O) groups excluding carboxylic acids is 1. The maximum Gasteiger partial charge on any atom is 0.253 e. The fraction of sp³-hybridized carbons (Fsp3) is 0.133. The smallest absolute Gasteiger partial charge is 0.253 e. The van der Waals surface area contributed by atoms with E-state index >= 15 is 0 Å². The van der Waals surface area contributed by atoms with Crippen molar-refractivity contribution in [2.75, 3.05) is 0 Å². The summed E-state index contributed by atoms with van der Waals surface area (Å²) in [6.07, 6.45) is 1.73. The highest BCUT2D eigenvalue weighted by Gasteiger charge is 2.09. The molecule has 5 nitrogen and oxygen atoms in total. The van der Waals surface area contributed by atoms with E-state index in [0.29, 0.717) is 17.1 Å². The quantitative estimate of drug-likeness (QED) is 0.809. The molecule has 6 heteroatoms. The van der Waals surface area contributed by atoms with Crippen molar-refractivity contribution in [3.8, 4) is 0 Å². The highest BCUT2D eigenvalue weighted by molar-refractivity contribution is 6.31. The summed E-state index contributed by atoms with van der Waals surface area (Å²) in [7, 11) is 0. The van der Waals surface area contributed by atoms with Crippen molar-refractivity contribution in [1.29, 1.82) is 0 Å². The number of hydrogen-bond donors (Lipinski definition) is 1. The molecule has 0 aliphatic rings. The van der Waals surface area contributed by atoms with Gasteiger partial charge in [0, 0.05) is 17.8 Å². The average Bonchev–Trinajstić information content (AvgIpc) is 2.87. The molecule has 0 saturated heterocycles.